The van der Waals surface area contributed by atoms with Gasteiger partial charge in [0.15, 0.2) is 5.78 Å². The number of nitro groups is 1. The van der Waals surface area contributed by atoms with Gasteiger partial charge in [0.2, 0.25) is 0 Å². The van der Waals surface area contributed by atoms with Crippen LogP contribution in [0.2, 0.25) is 0 Å². The molecule has 0 unspecified atom stereocenters. The first kappa shape index (κ1) is 14.6. The molecule has 0 saturated carbocycles. The molecule has 1 aromatic heterocycles. The van der Waals surface area contributed by atoms with Crippen molar-refractivity contribution in [3.8, 4) is 5.75 Å². The zero-order valence-corrected chi connectivity index (χ0v) is 11.8. The molecule has 0 atom stereocenters. The van der Waals surface area contributed by atoms with Crippen molar-refractivity contribution in [2.75, 3.05) is 0 Å². The number of ether oxygens (including phenoxy) is 1. The van der Waals surface area contributed by atoms with E-state index in [1.165, 1.54) is 36.5 Å². The highest BCUT2D eigenvalue weighted by Gasteiger charge is 2.18. The Kier molecular flexibility index (Phi) is 3.68. The topological polar surface area (TPSA) is 99.4 Å². The average molecular weight is 310 g/mol. The van der Waals surface area contributed by atoms with Gasteiger partial charge >= 0.3 is 5.97 Å². The lowest BCUT2D eigenvalue weighted by atomic mass is 9.99. The number of carbonyl (C=O) groups excluding carboxylic acids is 2. The second-order valence-electron chi connectivity index (χ2n) is 4.83. The van der Waals surface area contributed by atoms with E-state index in [-0.39, 0.29) is 29.2 Å². The summed E-state index contributed by atoms with van der Waals surface area (Å²) in [5.41, 5.74) is 0.946. The van der Waals surface area contributed by atoms with E-state index in [9.17, 15) is 19.7 Å². The van der Waals surface area contributed by atoms with Crippen LogP contribution in [0.5, 0.6) is 5.75 Å². The van der Waals surface area contributed by atoms with E-state index in [4.69, 9.17) is 4.74 Å². The summed E-state index contributed by atoms with van der Waals surface area (Å²) in [4.78, 5) is 38.0. The lowest BCUT2D eigenvalue weighted by molar-refractivity contribution is -0.384. The van der Waals surface area contributed by atoms with E-state index < -0.39 is 10.9 Å². The molecule has 0 bridgehead atoms. The van der Waals surface area contributed by atoms with Crippen LogP contribution in [0.1, 0.15) is 32.8 Å². The number of hydrogen-bond donors (Lipinski definition) is 0. The summed E-state index contributed by atoms with van der Waals surface area (Å²) in [5.74, 6) is -0.624. The van der Waals surface area contributed by atoms with Crippen LogP contribution in [0, 0.1) is 10.1 Å². The summed E-state index contributed by atoms with van der Waals surface area (Å²) in [6, 6.07) is 6.58. The quantitative estimate of drug-likeness (QED) is 0.374. The van der Waals surface area contributed by atoms with E-state index in [1.807, 2.05) is 0 Å². The lowest BCUT2D eigenvalue weighted by Gasteiger charge is -2.10. The molecule has 0 saturated heterocycles. The molecule has 114 valence electrons. The van der Waals surface area contributed by atoms with Gasteiger partial charge in [-0.15, -0.1) is 0 Å². The number of nitro benzene ring substituents is 1. The van der Waals surface area contributed by atoms with E-state index in [0.29, 0.717) is 11.3 Å². The molecule has 7 nitrogen and oxygen atoms in total. The molecule has 3 rings (SSSR count). The number of fused-ring (bicyclic) bond motifs is 1. The number of hydrogen-bond acceptors (Lipinski definition) is 6. The van der Waals surface area contributed by atoms with E-state index in [2.05, 4.69) is 4.98 Å². The van der Waals surface area contributed by atoms with E-state index in [0.717, 1.165) is 0 Å². The Morgan fingerprint density at radius 1 is 1.26 bits per heavy atom. The van der Waals surface area contributed by atoms with Crippen LogP contribution in [0.3, 0.4) is 0 Å². The maximum Gasteiger partial charge on any atom is 0.345 e. The van der Waals surface area contributed by atoms with Gasteiger partial charge in [0.1, 0.15) is 5.75 Å². The monoisotopic (exact) mass is 310 g/mol. The van der Waals surface area contributed by atoms with Crippen molar-refractivity contribution < 1.29 is 19.2 Å². The summed E-state index contributed by atoms with van der Waals surface area (Å²) in [6.07, 6.45) is 5.04. The highest BCUT2D eigenvalue weighted by molar-refractivity contribution is 6.04. The van der Waals surface area contributed by atoms with Crippen LogP contribution in [0.15, 0.2) is 42.6 Å². The number of rotatable bonds is 3. The van der Waals surface area contributed by atoms with Crippen LogP contribution >= 0.6 is 0 Å². The van der Waals surface area contributed by atoms with Crippen molar-refractivity contribution in [3.63, 3.8) is 0 Å². The second-order valence-corrected chi connectivity index (χ2v) is 4.83. The first-order chi connectivity index (χ1) is 11.0. The Labute approximate surface area is 130 Å². The van der Waals surface area contributed by atoms with Crippen LogP contribution in [0.4, 0.5) is 5.69 Å². The summed E-state index contributed by atoms with van der Waals surface area (Å²) < 4.78 is 5.13. The number of non-ortho nitro benzene ring substituents is 1. The molecule has 1 aliphatic rings. The summed E-state index contributed by atoms with van der Waals surface area (Å²) in [7, 11) is 0. The largest absolute Gasteiger partial charge is 0.423 e. The summed E-state index contributed by atoms with van der Waals surface area (Å²) >= 11 is 0. The number of allylic oxidation sites excluding steroid dienone is 1. The van der Waals surface area contributed by atoms with Crippen LogP contribution in [-0.2, 0) is 0 Å². The Bertz CT molecular complexity index is 840. The highest BCUT2D eigenvalue weighted by Crippen LogP contribution is 2.21. The average Bonchev–Trinajstić information content (AvgIpc) is 2.55. The predicted octanol–water partition coefficient (Wildman–Crippen LogP) is 2.81. The normalized spacial score (nSPS) is 12.6. The van der Waals surface area contributed by atoms with Crippen molar-refractivity contribution in [3.05, 3.63) is 69.5 Å². The van der Waals surface area contributed by atoms with Gasteiger partial charge in [0.05, 0.1) is 16.2 Å². The van der Waals surface area contributed by atoms with E-state index in [1.54, 1.807) is 12.2 Å². The van der Waals surface area contributed by atoms with Crippen molar-refractivity contribution in [2.24, 2.45) is 0 Å². The minimum atomic E-state index is -0.684. The molecular formula is C16H10N2O5. The first-order valence-electron chi connectivity index (χ1n) is 6.71. The van der Waals surface area contributed by atoms with Gasteiger partial charge in [0, 0.05) is 30.3 Å². The van der Waals surface area contributed by atoms with Crippen molar-refractivity contribution in [1.29, 1.82) is 0 Å². The van der Waals surface area contributed by atoms with Crippen molar-refractivity contribution in [2.45, 2.75) is 6.42 Å². The van der Waals surface area contributed by atoms with Gasteiger partial charge < -0.3 is 4.74 Å². The molecule has 0 radical (unpaired) electrons. The Morgan fingerprint density at radius 3 is 2.70 bits per heavy atom. The Balaban J connectivity index is 1.81. The zero-order valence-electron chi connectivity index (χ0n) is 11.8. The Morgan fingerprint density at radius 2 is 2.00 bits per heavy atom. The van der Waals surface area contributed by atoms with Crippen LogP contribution in [-0.4, -0.2) is 21.7 Å². The number of Topliss-reactive ketones (excluding diaryl/α,β-unsaturated/α-hetero) is 1. The van der Waals surface area contributed by atoms with Gasteiger partial charge in [-0.3, -0.25) is 19.9 Å². The number of pyridine rings is 1. The third-order valence-electron chi connectivity index (χ3n) is 3.29. The molecule has 0 fully saturated rings. The third-order valence-corrected chi connectivity index (χ3v) is 3.29. The fourth-order valence-electron chi connectivity index (χ4n) is 2.13. The third kappa shape index (κ3) is 2.98. The molecule has 1 heterocycles. The molecule has 0 aliphatic heterocycles. The fraction of sp³-hybridized carbons (Fsp3) is 0.0625. The molecule has 1 aromatic carbocycles. The minimum Gasteiger partial charge on any atom is -0.423 e. The van der Waals surface area contributed by atoms with Gasteiger partial charge in [-0.05, 0) is 24.3 Å². The molecule has 0 N–H and O–H groups in total. The number of benzene rings is 1. The number of ketones is 1. The van der Waals surface area contributed by atoms with Gasteiger partial charge in [-0.25, -0.2) is 4.79 Å². The van der Waals surface area contributed by atoms with Gasteiger partial charge in [-0.2, -0.15) is 0 Å². The lowest BCUT2D eigenvalue weighted by Crippen LogP contribution is -2.13. The standard InChI is InChI=1S/C16H10N2O5/c19-15-3-1-2-14-13(15)8-10(9-17-14)16(20)23-12-6-4-11(5-7-12)18(21)22/h1-2,4-9H,3H2. The molecule has 7 heteroatoms. The fourth-order valence-corrected chi connectivity index (χ4v) is 2.13. The SMILES string of the molecule is O=C(Oc1ccc([N+](=O)[O-])cc1)c1cnc2c(c1)C(=O)CC=C2. The molecule has 1 aliphatic carbocycles. The number of aromatic nitrogens is 1. The molecule has 0 spiro atoms. The minimum absolute atomic E-state index is 0.0994. The molecular weight excluding hydrogens is 300 g/mol. The molecule has 0 amide bonds. The number of esters is 1. The number of nitrogens with zero attached hydrogens (tertiary/aromatic N) is 2. The van der Waals surface area contributed by atoms with Crippen LogP contribution < -0.4 is 4.74 Å². The first-order valence-corrected chi connectivity index (χ1v) is 6.71. The second kappa shape index (κ2) is 5.80. The smallest absolute Gasteiger partial charge is 0.345 e. The van der Waals surface area contributed by atoms with Crippen molar-refractivity contribution in [1.82, 2.24) is 4.98 Å². The summed E-state index contributed by atoms with van der Waals surface area (Å²) in [5, 5.41) is 10.6. The van der Waals surface area contributed by atoms with Crippen LogP contribution in [0.25, 0.3) is 6.08 Å². The van der Waals surface area contributed by atoms with Gasteiger partial charge in [0.25, 0.3) is 5.69 Å². The summed E-state index contributed by atoms with van der Waals surface area (Å²) in [6.45, 7) is 0. The molecule has 23 heavy (non-hydrogen) atoms. The maximum atomic E-state index is 12.1. The van der Waals surface area contributed by atoms with E-state index >= 15 is 0 Å². The Hall–Kier alpha value is -3.35. The highest BCUT2D eigenvalue weighted by atomic mass is 16.6. The zero-order chi connectivity index (χ0) is 16.4. The molecule has 2 aromatic rings. The maximum absolute atomic E-state index is 12.1. The van der Waals surface area contributed by atoms with Crippen molar-refractivity contribution >= 4 is 23.5 Å². The predicted molar refractivity (Wildman–Crippen MR) is 80.3 cm³/mol. The number of carbonyl (C=O) groups is 2. The van der Waals surface area contributed by atoms with Gasteiger partial charge in [-0.1, -0.05) is 6.08 Å².